The third-order valence-electron chi connectivity index (χ3n) is 4.57. The summed E-state index contributed by atoms with van der Waals surface area (Å²) >= 11 is 0. The zero-order valence-corrected chi connectivity index (χ0v) is 15.2. The molecular weight excluding hydrogens is 358 g/mol. The number of hydrogen-bond donors (Lipinski definition) is 2. The molecule has 0 aliphatic carbocycles. The monoisotopic (exact) mass is 377 g/mol. The third-order valence-corrected chi connectivity index (χ3v) is 4.57. The maximum Gasteiger partial charge on any atom is 0.256 e. The van der Waals surface area contributed by atoms with E-state index in [1.807, 2.05) is 36.2 Å². The van der Waals surface area contributed by atoms with Gasteiger partial charge in [-0.05, 0) is 29.8 Å². The first-order chi connectivity index (χ1) is 13.6. The van der Waals surface area contributed by atoms with Crippen molar-refractivity contribution in [3.63, 3.8) is 0 Å². The Balaban J connectivity index is 1.42. The first-order valence-corrected chi connectivity index (χ1v) is 8.83. The molecule has 0 unspecified atom stereocenters. The third kappa shape index (κ3) is 3.54. The number of benzene rings is 1. The Bertz CT molecular complexity index is 986. The van der Waals surface area contributed by atoms with Crippen LogP contribution >= 0.6 is 0 Å². The summed E-state index contributed by atoms with van der Waals surface area (Å²) in [6.07, 6.45) is 4.65. The fraction of sp³-hybridized carbons (Fsp3) is 0.211. The van der Waals surface area contributed by atoms with E-state index in [2.05, 4.69) is 25.7 Å². The first-order valence-electron chi connectivity index (χ1n) is 8.83. The molecule has 2 N–H and O–H groups in total. The number of carbonyl (C=O) groups excluding carboxylic acids is 2. The predicted octanol–water partition coefficient (Wildman–Crippen LogP) is 1.58. The molecule has 1 aliphatic rings. The largest absolute Gasteiger partial charge is 0.335 e. The lowest BCUT2D eigenvalue weighted by Crippen LogP contribution is -2.45. The second kappa shape index (κ2) is 7.47. The summed E-state index contributed by atoms with van der Waals surface area (Å²) in [6.45, 7) is 0.467. The highest BCUT2D eigenvalue weighted by molar-refractivity contribution is 6.01. The molecule has 0 saturated heterocycles. The van der Waals surface area contributed by atoms with Crippen LogP contribution in [-0.4, -0.2) is 38.6 Å². The molecule has 142 valence electrons. The average Bonchev–Trinajstić information content (AvgIpc) is 3.24. The summed E-state index contributed by atoms with van der Waals surface area (Å²) in [4.78, 5) is 34.5. The summed E-state index contributed by atoms with van der Waals surface area (Å²) in [6, 6.07) is 10.9. The van der Waals surface area contributed by atoms with Crippen molar-refractivity contribution in [2.75, 3.05) is 17.3 Å². The van der Waals surface area contributed by atoms with Crippen LogP contribution in [-0.2, 0) is 11.3 Å². The number of carbonyl (C=O) groups is 2. The molecule has 9 heteroatoms. The van der Waals surface area contributed by atoms with Gasteiger partial charge in [-0.2, -0.15) is 5.10 Å². The van der Waals surface area contributed by atoms with Gasteiger partial charge in [0.05, 0.1) is 12.1 Å². The molecule has 0 fully saturated rings. The van der Waals surface area contributed by atoms with Gasteiger partial charge in [0.2, 0.25) is 5.91 Å². The molecular formula is C19H19N7O2. The van der Waals surface area contributed by atoms with Gasteiger partial charge in [0.25, 0.3) is 5.91 Å². The van der Waals surface area contributed by atoms with Crippen LogP contribution in [0.2, 0.25) is 0 Å². The highest BCUT2D eigenvalue weighted by Crippen LogP contribution is 2.30. The highest BCUT2D eigenvalue weighted by atomic mass is 16.2. The molecule has 0 spiro atoms. The van der Waals surface area contributed by atoms with Gasteiger partial charge in [-0.25, -0.2) is 9.97 Å². The van der Waals surface area contributed by atoms with Crippen LogP contribution in [0, 0.1) is 0 Å². The summed E-state index contributed by atoms with van der Waals surface area (Å²) in [5.74, 6) is 0.378. The lowest BCUT2D eigenvalue weighted by molar-refractivity contribution is -0.116. The Morgan fingerprint density at radius 1 is 1.25 bits per heavy atom. The molecule has 0 saturated carbocycles. The second-order valence-corrected chi connectivity index (χ2v) is 6.44. The number of nitrogens with zero attached hydrogens (tertiary/aromatic N) is 5. The first kappa shape index (κ1) is 17.7. The number of anilines is 2. The molecule has 3 aromatic rings. The number of amides is 2. The Kier molecular flexibility index (Phi) is 4.71. The van der Waals surface area contributed by atoms with Gasteiger partial charge in [-0.1, -0.05) is 12.1 Å². The Morgan fingerprint density at radius 2 is 2.07 bits per heavy atom. The van der Waals surface area contributed by atoms with Gasteiger partial charge in [-0.3, -0.25) is 14.3 Å². The average molecular weight is 377 g/mol. The fourth-order valence-electron chi connectivity index (χ4n) is 3.12. The van der Waals surface area contributed by atoms with Gasteiger partial charge in [0, 0.05) is 25.4 Å². The van der Waals surface area contributed by atoms with Gasteiger partial charge in [0.15, 0.2) is 0 Å². The second-order valence-electron chi connectivity index (χ2n) is 6.44. The summed E-state index contributed by atoms with van der Waals surface area (Å²) in [5, 5.41) is 9.80. The number of hydrogen-bond acceptors (Lipinski definition) is 6. The maximum atomic E-state index is 12.4. The summed E-state index contributed by atoms with van der Waals surface area (Å²) < 4.78 is 1.61. The molecule has 2 amide bonds. The minimum Gasteiger partial charge on any atom is -0.335 e. The minimum atomic E-state index is -0.327. The number of pyridine rings is 1. The van der Waals surface area contributed by atoms with Crippen molar-refractivity contribution in [1.82, 2.24) is 25.1 Å². The summed E-state index contributed by atoms with van der Waals surface area (Å²) in [7, 11) is 1.88. The smallest absolute Gasteiger partial charge is 0.256 e. The number of nitrogens with one attached hydrogen (secondary N) is 2. The topological polar surface area (TPSA) is 105 Å². The van der Waals surface area contributed by atoms with Crippen LogP contribution in [0.25, 0.3) is 0 Å². The normalized spacial score (nSPS) is 15.7. The van der Waals surface area contributed by atoms with Crippen molar-refractivity contribution in [2.24, 2.45) is 0 Å². The highest BCUT2D eigenvalue weighted by Gasteiger charge is 2.30. The lowest BCUT2D eigenvalue weighted by atomic mass is 10.1. The van der Waals surface area contributed by atoms with E-state index in [1.165, 1.54) is 6.33 Å². The van der Waals surface area contributed by atoms with Crippen LogP contribution in [0.1, 0.15) is 28.5 Å². The molecule has 2 aromatic heterocycles. The van der Waals surface area contributed by atoms with Crippen LogP contribution < -0.4 is 15.5 Å². The quantitative estimate of drug-likeness (QED) is 0.699. The molecule has 1 aliphatic heterocycles. The number of aryl methyl sites for hydroxylation is 1. The van der Waals surface area contributed by atoms with Crippen molar-refractivity contribution in [1.29, 1.82) is 0 Å². The molecule has 28 heavy (non-hydrogen) atoms. The van der Waals surface area contributed by atoms with Gasteiger partial charge >= 0.3 is 0 Å². The number of rotatable bonds is 5. The van der Waals surface area contributed by atoms with E-state index >= 15 is 0 Å². The van der Waals surface area contributed by atoms with E-state index in [0.717, 1.165) is 5.56 Å². The molecule has 1 atom stereocenters. The van der Waals surface area contributed by atoms with Crippen LogP contribution in [0.4, 0.5) is 11.5 Å². The van der Waals surface area contributed by atoms with Crippen molar-refractivity contribution < 1.29 is 9.59 Å². The van der Waals surface area contributed by atoms with E-state index in [1.54, 1.807) is 29.3 Å². The van der Waals surface area contributed by atoms with Gasteiger partial charge in [0.1, 0.15) is 24.6 Å². The van der Waals surface area contributed by atoms with Crippen molar-refractivity contribution in [3.8, 4) is 0 Å². The van der Waals surface area contributed by atoms with E-state index in [9.17, 15) is 9.59 Å². The van der Waals surface area contributed by atoms with Crippen LogP contribution in [0.5, 0.6) is 0 Å². The van der Waals surface area contributed by atoms with Gasteiger partial charge < -0.3 is 15.5 Å². The number of fused-ring (bicyclic) bond motifs is 1. The molecule has 0 bridgehead atoms. The SMILES string of the molecule is CN1c2ncccc2C(=O)N[C@@H]1c1ccc(NC(=O)CCn2cncn2)cc1. The molecule has 4 rings (SSSR count). The van der Waals surface area contributed by atoms with Crippen molar-refractivity contribution >= 4 is 23.3 Å². The molecule has 0 radical (unpaired) electrons. The zero-order valence-electron chi connectivity index (χ0n) is 15.2. The maximum absolute atomic E-state index is 12.4. The predicted molar refractivity (Wildman–Crippen MR) is 103 cm³/mol. The lowest BCUT2D eigenvalue weighted by Gasteiger charge is -2.35. The zero-order chi connectivity index (χ0) is 19.5. The Labute approximate surface area is 161 Å². The van der Waals surface area contributed by atoms with Crippen LogP contribution in [0.15, 0.2) is 55.2 Å². The molecule has 9 nitrogen and oxygen atoms in total. The standard InChI is InChI=1S/C19H19N7O2/c1-25-17(24-19(28)15-3-2-9-21-18(15)25)13-4-6-14(7-5-13)23-16(27)8-10-26-12-20-11-22-26/h2-7,9,11-12,17H,8,10H2,1H3,(H,23,27)(H,24,28)/t17-/m0/s1. The Hall–Kier alpha value is -3.75. The van der Waals surface area contributed by atoms with E-state index in [4.69, 9.17) is 0 Å². The number of aromatic nitrogens is 4. The van der Waals surface area contributed by atoms with Crippen molar-refractivity contribution in [2.45, 2.75) is 19.1 Å². The van der Waals surface area contributed by atoms with E-state index in [0.29, 0.717) is 30.0 Å². The molecule has 1 aromatic carbocycles. The van der Waals surface area contributed by atoms with E-state index < -0.39 is 0 Å². The minimum absolute atomic E-state index is 0.107. The van der Waals surface area contributed by atoms with E-state index in [-0.39, 0.29) is 18.0 Å². The van der Waals surface area contributed by atoms with Gasteiger partial charge in [-0.15, -0.1) is 0 Å². The summed E-state index contributed by atoms with van der Waals surface area (Å²) in [5.41, 5.74) is 2.14. The fourth-order valence-corrected chi connectivity index (χ4v) is 3.12. The molecule has 3 heterocycles. The Morgan fingerprint density at radius 3 is 2.82 bits per heavy atom. The van der Waals surface area contributed by atoms with Crippen LogP contribution in [0.3, 0.4) is 0 Å². The van der Waals surface area contributed by atoms with Crippen molar-refractivity contribution in [3.05, 3.63) is 66.4 Å².